The Morgan fingerprint density at radius 3 is 2.82 bits per heavy atom. The van der Waals surface area contributed by atoms with Crippen molar-refractivity contribution in [3.05, 3.63) is 76.0 Å². The third-order valence-electron chi connectivity index (χ3n) is 4.16. The molecule has 3 heterocycles. The third kappa shape index (κ3) is 3.23. The van der Waals surface area contributed by atoms with E-state index in [-0.39, 0.29) is 5.56 Å². The number of benzene rings is 1. The first-order valence-corrected chi connectivity index (χ1v) is 9.29. The number of carbonyl (C=O) groups excluding carboxylic acids is 1. The number of aromatic amines is 1. The summed E-state index contributed by atoms with van der Waals surface area (Å²) in [5, 5.41) is 7.67. The predicted molar refractivity (Wildman–Crippen MR) is 108 cm³/mol. The molecule has 28 heavy (non-hydrogen) atoms. The molecule has 0 fully saturated rings. The number of nitrogens with zero attached hydrogens (tertiary/aromatic N) is 4. The van der Waals surface area contributed by atoms with E-state index in [0.717, 1.165) is 10.2 Å². The third-order valence-corrected chi connectivity index (χ3v) is 5.18. The molecule has 0 saturated carbocycles. The van der Waals surface area contributed by atoms with Crippen LogP contribution in [0.15, 0.2) is 58.7 Å². The first-order chi connectivity index (χ1) is 13.5. The van der Waals surface area contributed by atoms with Crippen molar-refractivity contribution in [1.29, 1.82) is 0 Å². The minimum Gasteiger partial charge on any atom is -0.293 e. The normalized spacial score (nSPS) is 11.7. The zero-order chi connectivity index (χ0) is 19.7. The summed E-state index contributed by atoms with van der Waals surface area (Å²) in [6, 6.07) is 11.0. The van der Waals surface area contributed by atoms with Crippen molar-refractivity contribution >= 4 is 33.2 Å². The molecule has 0 saturated heterocycles. The van der Waals surface area contributed by atoms with E-state index in [1.54, 1.807) is 32.2 Å². The summed E-state index contributed by atoms with van der Waals surface area (Å²) in [4.78, 5) is 33.4. The number of nitrogens with one attached hydrogen (secondary N) is 2. The van der Waals surface area contributed by atoms with Crippen LogP contribution in [0.5, 0.6) is 0 Å². The maximum atomic E-state index is 12.9. The molecule has 4 rings (SSSR count). The van der Waals surface area contributed by atoms with Gasteiger partial charge in [-0.25, -0.2) is 10.4 Å². The Balaban J connectivity index is 1.65. The van der Waals surface area contributed by atoms with Crippen LogP contribution in [0.1, 0.15) is 28.5 Å². The first-order valence-electron chi connectivity index (χ1n) is 8.47. The van der Waals surface area contributed by atoms with E-state index in [9.17, 15) is 9.59 Å². The second-order valence-corrected chi connectivity index (χ2v) is 7.11. The molecule has 9 heteroatoms. The SMILES string of the molecule is CC(=NNC(=O)c1cccnc1)c1c(C)[nH]n(-c2nc3ccccc3s2)c1=O. The highest BCUT2D eigenvalue weighted by Crippen LogP contribution is 2.23. The minimum absolute atomic E-state index is 0.270. The van der Waals surface area contributed by atoms with E-state index in [1.807, 2.05) is 24.3 Å². The number of aryl methyl sites for hydroxylation is 1. The average Bonchev–Trinajstić information content (AvgIpc) is 3.27. The van der Waals surface area contributed by atoms with Gasteiger partial charge in [0.05, 0.1) is 27.1 Å². The fourth-order valence-corrected chi connectivity index (χ4v) is 3.74. The first kappa shape index (κ1) is 17.8. The number of hydrogen-bond donors (Lipinski definition) is 2. The Hall–Kier alpha value is -3.59. The molecule has 4 aromatic rings. The van der Waals surface area contributed by atoms with Crippen LogP contribution in [0, 0.1) is 6.92 Å². The van der Waals surface area contributed by atoms with Gasteiger partial charge in [-0.2, -0.15) is 9.78 Å². The second kappa shape index (κ2) is 7.20. The van der Waals surface area contributed by atoms with Crippen LogP contribution in [0.3, 0.4) is 0 Å². The van der Waals surface area contributed by atoms with Crippen LogP contribution >= 0.6 is 11.3 Å². The number of thiazole rings is 1. The van der Waals surface area contributed by atoms with Gasteiger partial charge in [0, 0.05) is 18.1 Å². The van der Waals surface area contributed by atoms with Crippen molar-refractivity contribution in [2.75, 3.05) is 0 Å². The summed E-state index contributed by atoms with van der Waals surface area (Å²) in [5.41, 5.74) is 4.84. The Labute approximate surface area is 163 Å². The quantitative estimate of drug-likeness (QED) is 0.411. The molecule has 0 aliphatic heterocycles. The van der Waals surface area contributed by atoms with Crippen molar-refractivity contribution in [2.24, 2.45) is 5.10 Å². The van der Waals surface area contributed by atoms with Gasteiger partial charge in [0.25, 0.3) is 11.5 Å². The summed E-state index contributed by atoms with van der Waals surface area (Å²) in [5.74, 6) is -0.396. The highest BCUT2D eigenvalue weighted by atomic mass is 32.1. The van der Waals surface area contributed by atoms with Gasteiger partial charge >= 0.3 is 0 Å². The number of carbonyl (C=O) groups is 1. The molecule has 0 spiro atoms. The van der Waals surface area contributed by atoms with E-state index in [2.05, 4.69) is 25.6 Å². The van der Waals surface area contributed by atoms with E-state index >= 15 is 0 Å². The molecule has 2 N–H and O–H groups in total. The fraction of sp³-hybridized carbons (Fsp3) is 0.105. The van der Waals surface area contributed by atoms with Gasteiger partial charge in [0.15, 0.2) is 0 Å². The number of amides is 1. The lowest BCUT2D eigenvalue weighted by atomic mass is 10.2. The van der Waals surface area contributed by atoms with Gasteiger partial charge in [-0.05, 0) is 38.1 Å². The Bertz CT molecular complexity index is 1220. The van der Waals surface area contributed by atoms with E-state index < -0.39 is 5.91 Å². The van der Waals surface area contributed by atoms with Crippen molar-refractivity contribution in [2.45, 2.75) is 13.8 Å². The van der Waals surface area contributed by atoms with Crippen LogP contribution in [-0.4, -0.2) is 31.4 Å². The number of aromatic nitrogens is 4. The minimum atomic E-state index is -0.396. The Kier molecular flexibility index (Phi) is 4.58. The predicted octanol–water partition coefficient (Wildman–Crippen LogP) is 2.63. The Morgan fingerprint density at radius 1 is 1.25 bits per heavy atom. The number of hydrazone groups is 1. The van der Waals surface area contributed by atoms with Gasteiger partial charge in [0.2, 0.25) is 5.13 Å². The zero-order valence-corrected chi connectivity index (χ0v) is 15.9. The summed E-state index contributed by atoms with van der Waals surface area (Å²) < 4.78 is 2.39. The molecule has 0 aliphatic rings. The lowest BCUT2D eigenvalue weighted by Gasteiger charge is -2.01. The van der Waals surface area contributed by atoms with Crippen LogP contribution in [0.4, 0.5) is 0 Å². The molecular weight excluding hydrogens is 376 g/mol. The van der Waals surface area contributed by atoms with Crippen LogP contribution in [-0.2, 0) is 0 Å². The van der Waals surface area contributed by atoms with Gasteiger partial charge in [0.1, 0.15) is 0 Å². The molecule has 1 aromatic carbocycles. The second-order valence-electron chi connectivity index (χ2n) is 6.10. The Morgan fingerprint density at radius 2 is 2.07 bits per heavy atom. The molecule has 3 aromatic heterocycles. The fourth-order valence-electron chi connectivity index (χ4n) is 2.82. The molecule has 0 unspecified atom stereocenters. The number of rotatable bonds is 4. The molecule has 0 bridgehead atoms. The van der Waals surface area contributed by atoms with Gasteiger partial charge in [-0.3, -0.25) is 19.7 Å². The summed E-state index contributed by atoms with van der Waals surface area (Å²) >= 11 is 1.42. The summed E-state index contributed by atoms with van der Waals surface area (Å²) in [7, 11) is 0. The molecule has 0 atom stereocenters. The number of fused-ring (bicyclic) bond motifs is 1. The lowest BCUT2D eigenvalue weighted by Crippen LogP contribution is -2.23. The largest absolute Gasteiger partial charge is 0.293 e. The van der Waals surface area contributed by atoms with Crippen molar-refractivity contribution < 1.29 is 4.79 Å². The maximum absolute atomic E-state index is 12.9. The highest BCUT2D eigenvalue weighted by molar-refractivity contribution is 7.20. The maximum Gasteiger partial charge on any atom is 0.282 e. The van der Waals surface area contributed by atoms with Crippen LogP contribution in [0.25, 0.3) is 15.3 Å². The number of pyridine rings is 1. The van der Waals surface area contributed by atoms with Crippen molar-refractivity contribution in [3.8, 4) is 5.13 Å². The highest BCUT2D eigenvalue weighted by Gasteiger charge is 2.17. The van der Waals surface area contributed by atoms with E-state index in [0.29, 0.717) is 27.7 Å². The smallest absolute Gasteiger partial charge is 0.282 e. The molecule has 8 nitrogen and oxygen atoms in total. The molecule has 0 radical (unpaired) electrons. The molecule has 140 valence electrons. The molecular formula is C19H16N6O2S. The molecule has 0 aliphatic carbocycles. The van der Waals surface area contributed by atoms with Gasteiger partial charge in [-0.15, -0.1) is 0 Å². The average molecular weight is 392 g/mol. The summed E-state index contributed by atoms with van der Waals surface area (Å²) in [6.45, 7) is 3.45. The standard InChI is InChI=1S/C19H16N6O2S/c1-11(22-23-17(26)13-6-5-9-20-10-13)16-12(2)24-25(18(16)27)19-21-14-7-3-4-8-15(14)28-19/h3-10,24H,1-2H3,(H,23,26). The van der Waals surface area contributed by atoms with Gasteiger partial charge < -0.3 is 0 Å². The number of para-hydroxylation sites is 1. The monoisotopic (exact) mass is 392 g/mol. The zero-order valence-electron chi connectivity index (χ0n) is 15.1. The van der Waals surface area contributed by atoms with Crippen molar-refractivity contribution in [3.63, 3.8) is 0 Å². The lowest BCUT2D eigenvalue weighted by molar-refractivity contribution is 0.0954. The van der Waals surface area contributed by atoms with Crippen molar-refractivity contribution in [1.82, 2.24) is 25.2 Å². The van der Waals surface area contributed by atoms with E-state index in [4.69, 9.17) is 0 Å². The topological polar surface area (TPSA) is 105 Å². The van der Waals surface area contributed by atoms with Crippen LogP contribution < -0.4 is 11.0 Å². The van der Waals surface area contributed by atoms with E-state index in [1.165, 1.54) is 22.2 Å². The number of H-pyrrole nitrogens is 1. The number of hydrogen-bond acceptors (Lipinski definition) is 6. The molecule has 1 amide bonds. The van der Waals surface area contributed by atoms with Crippen LogP contribution in [0.2, 0.25) is 0 Å². The summed E-state index contributed by atoms with van der Waals surface area (Å²) in [6.07, 6.45) is 3.03. The van der Waals surface area contributed by atoms with Gasteiger partial charge in [-0.1, -0.05) is 23.5 Å².